The summed E-state index contributed by atoms with van der Waals surface area (Å²) in [6.07, 6.45) is 0.856. The molecular formula is C21H28N4O4. The van der Waals surface area contributed by atoms with Crippen molar-refractivity contribution in [1.82, 2.24) is 14.9 Å². The van der Waals surface area contributed by atoms with Crippen LogP contribution in [0.2, 0.25) is 0 Å². The SMILES string of the molecule is COc1ccc(CN2CCc3c(nc(N4C[C@H](C)O[C@@H](C)C4)[nH]c3=O)C2)cc1O. The average Bonchev–Trinajstić information content (AvgIpc) is 2.67. The maximum atomic E-state index is 12.7. The Morgan fingerprint density at radius 3 is 2.76 bits per heavy atom. The van der Waals surface area contributed by atoms with E-state index in [0.717, 1.165) is 23.4 Å². The highest BCUT2D eigenvalue weighted by Crippen LogP contribution is 2.27. The number of hydrogen-bond donors (Lipinski definition) is 2. The van der Waals surface area contributed by atoms with Gasteiger partial charge >= 0.3 is 0 Å². The van der Waals surface area contributed by atoms with Crippen molar-refractivity contribution in [2.24, 2.45) is 0 Å². The molecule has 0 aliphatic carbocycles. The van der Waals surface area contributed by atoms with Gasteiger partial charge < -0.3 is 19.5 Å². The van der Waals surface area contributed by atoms with Crippen LogP contribution in [0.15, 0.2) is 23.0 Å². The fourth-order valence-corrected chi connectivity index (χ4v) is 4.21. The summed E-state index contributed by atoms with van der Waals surface area (Å²) in [7, 11) is 1.53. The number of phenols is 1. The van der Waals surface area contributed by atoms with E-state index in [9.17, 15) is 9.90 Å². The minimum atomic E-state index is -0.0430. The standard InChI is InChI=1S/C21H28N4O4/c1-13-9-25(10-14(2)29-13)21-22-17-12-24(7-6-16(17)20(27)23-21)11-15-4-5-19(28-3)18(26)8-15/h4-5,8,13-14,26H,6-7,9-12H2,1-3H3,(H,22,23,27)/t13-,14-/m0/s1. The molecule has 4 rings (SSSR count). The first-order chi connectivity index (χ1) is 13.9. The maximum Gasteiger partial charge on any atom is 0.255 e. The number of morpholine rings is 1. The smallest absolute Gasteiger partial charge is 0.255 e. The highest BCUT2D eigenvalue weighted by Gasteiger charge is 2.27. The summed E-state index contributed by atoms with van der Waals surface area (Å²) < 4.78 is 10.9. The maximum absolute atomic E-state index is 12.7. The number of nitrogens with zero attached hydrogens (tertiary/aromatic N) is 3. The number of H-pyrrole nitrogens is 1. The van der Waals surface area contributed by atoms with Gasteiger partial charge in [0.05, 0.1) is 25.0 Å². The summed E-state index contributed by atoms with van der Waals surface area (Å²) in [4.78, 5) is 24.8. The molecule has 0 spiro atoms. The Hall–Kier alpha value is -2.58. The number of hydrogen-bond acceptors (Lipinski definition) is 7. The highest BCUT2D eigenvalue weighted by atomic mass is 16.5. The zero-order chi connectivity index (χ0) is 20.5. The fraction of sp³-hybridized carbons (Fsp3) is 0.524. The van der Waals surface area contributed by atoms with Crippen LogP contribution in [-0.4, -0.2) is 58.9 Å². The number of aromatic amines is 1. The van der Waals surface area contributed by atoms with Gasteiger partial charge in [-0.1, -0.05) is 6.07 Å². The first-order valence-electron chi connectivity index (χ1n) is 10.0. The van der Waals surface area contributed by atoms with E-state index < -0.39 is 0 Å². The Morgan fingerprint density at radius 1 is 1.31 bits per heavy atom. The zero-order valence-corrected chi connectivity index (χ0v) is 17.1. The number of anilines is 1. The van der Waals surface area contributed by atoms with E-state index in [1.807, 2.05) is 19.9 Å². The summed E-state index contributed by atoms with van der Waals surface area (Å²) in [5, 5.41) is 10.0. The van der Waals surface area contributed by atoms with E-state index in [0.29, 0.717) is 44.3 Å². The minimum absolute atomic E-state index is 0.0430. The molecule has 8 heteroatoms. The van der Waals surface area contributed by atoms with E-state index in [1.54, 1.807) is 12.1 Å². The molecule has 1 aromatic carbocycles. The number of nitrogens with one attached hydrogen (secondary N) is 1. The van der Waals surface area contributed by atoms with Gasteiger partial charge in [0.2, 0.25) is 5.95 Å². The monoisotopic (exact) mass is 400 g/mol. The van der Waals surface area contributed by atoms with Gasteiger partial charge in [-0.25, -0.2) is 4.98 Å². The molecule has 2 atom stereocenters. The molecule has 2 aromatic rings. The van der Waals surface area contributed by atoms with E-state index >= 15 is 0 Å². The molecule has 2 aliphatic rings. The van der Waals surface area contributed by atoms with Crippen molar-refractivity contribution >= 4 is 5.95 Å². The van der Waals surface area contributed by atoms with Gasteiger partial charge in [-0.15, -0.1) is 0 Å². The van der Waals surface area contributed by atoms with Crippen LogP contribution in [0, 0.1) is 0 Å². The molecule has 1 fully saturated rings. The molecule has 29 heavy (non-hydrogen) atoms. The summed E-state index contributed by atoms with van der Waals surface area (Å²) in [5.74, 6) is 1.22. The Morgan fingerprint density at radius 2 is 2.07 bits per heavy atom. The van der Waals surface area contributed by atoms with Crippen molar-refractivity contribution in [2.75, 3.05) is 31.6 Å². The number of benzene rings is 1. The summed E-state index contributed by atoms with van der Waals surface area (Å²) in [6, 6.07) is 5.44. The van der Waals surface area contributed by atoms with Gasteiger partial charge in [-0.3, -0.25) is 14.7 Å². The summed E-state index contributed by atoms with van der Waals surface area (Å²) in [5.41, 5.74) is 2.56. The molecule has 2 N–H and O–H groups in total. The van der Waals surface area contributed by atoms with Gasteiger partial charge in [0.15, 0.2) is 11.5 Å². The second-order valence-electron chi connectivity index (χ2n) is 7.94. The second kappa shape index (κ2) is 8.04. The molecule has 0 radical (unpaired) electrons. The zero-order valence-electron chi connectivity index (χ0n) is 17.1. The van der Waals surface area contributed by atoms with Crippen LogP contribution in [0.5, 0.6) is 11.5 Å². The van der Waals surface area contributed by atoms with Crippen molar-refractivity contribution < 1.29 is 14.6 Å². The minimum Gasteiger partial charge on any atom is -0.504 e. The van der Waals surface area contributed by atoms with Gasteiger partial charge in [0.25, 0.3) is 5.56 Å². The van der Waals surface area contributed by atoms with Crippen molar-refractivity contribution in [3.8, 4) is 11.5 Å². The summed E-state index contributed by atoms with van der Waals surface area (Å²) in [6.45, 7) is 7.54. The van der Waals surface area contributed by atoms with Crippen LogP contribution in [0.3, 0.4) is 0 Å². The first kappa shape index (κ1) is 19.7. The number of aromatic nitrogens is 2. The van der Waals surface area contributed by atoms with Crippen molar-refractivity contribution in [1.29, 1.82) is 0 Å². The van der Waals surface area contributed by atoms with Crippen LogP contribution in [0.1, 0.15) is 30.7 Å². The number of aromatic hydroxyl groups is 1. The lowest BCUT2D eigenvalue weighted by molar-refractivity contribution is -0.00576. The molecule has 8 nitrogen and oxygen atoms in total. The third-order valence-electron chi connectivity index (χ3n) is 5.51. The molecular weight excluding hydrogens is 372 g/mol. The van der Waals surface area contributed by atoms with Crippen LogP contribution in [-0.2, 0) is 24.2 Å². The van der Waals surface area contributed by atoms with Crippen LogP contribution in [0.25, 0.3) is 0 Å². The Labute approximate surface area is 170 Å². The van der Waals surface area contributed by atoms with Gasteiger partial charge in [0, 0.05) is 38.3 Å². The van der Waals surface area contributed by atoms with Crippen molar-refractivity contribution in [3.05, 3.63) is 45.4 Å². The fourth-order valence-electron chi connectivity index (χ4n) is 4.21. The van der Waals surface area contributed by atoms with Crippen LogP contribution >= 0.6 is 0 Å². The third kappa shape index (κ3) is 4.23. The molecule has 156 valence electrons. The predicted molar refractivity (Wildman–Crippen MR) is 110 cm³/mol. The molecule has 0 amide bonds. The van der Waals surface area contributed by atoms with E-state index in [2.05, 4.69) is 14.8 Å². The Balaban J connectivity index is 1.53. The highest BCUT2D eigenvalue weighted by molar-refractivity contribution is 5.42. The second-order valence-corrected chi connectivity index (χ2v) is 7.94. The van der Waals surface area contributed by atoms with E-state index in [1.165, 1.54) is 7.11 Å². The van der Waals surface area contributed by atoms with Crippen LogP contribution in [0.4, 0.5) is 5.95 Å². The molecule has 3 heterocycles. The predicted octanol–water partition coefficient (Wildman–Crippen LogP) is 1.66. The molecule has 2 aliphatic heterocycles. The first-order valence-corrected chi connectivity index (χ1v) is 10.0. The van der Waals surface area contributed by atoms with Crippen LogP contribution < -0.4 is 15.2 Å². The molecule has 0 unspecified atom stereocenters. The van der Waals surface area contributed by atoms with Crippen molar-refractivity contribution in [3.63, 3.8) is 0 Å². The number of ether oxygens (including phenoxy) is 2. The molecule has 1 saturated heterocycles. The van der Waals surface area contributed by atoms with E-state index in [4.69, 9.17) is 14.5 Å². The third-order valence-corrected chi connectivity index (χ3v) is 5.51. The largest absolute Gasteiger partial charge is 0.504 e. The number of rotatable bonds is 4. The molecule has 1 aromatic heterocycles. The number of phenolic OH excluding ortho intramolecular Hbond substituents is 1. The topological polar surface area (TPSA) is 90.9 Å². The average molecular weight is 400 g/mol. The Kier molecular flexibility index (Phi) is 5.47. The van der Waals surface area contributed by atoms with E-state index in [-0.39, 0.29) is 23.5 Å². The lowest BCUT2D eigenvalue weighted by atomic mass is 10.1. The molecule has 0 saturated carbocycles. The lowest BCUT2D eigenvalue weighted by Crippen LogP contribution is -2.47. The quantitative estimate of drug-likeness (QED) is 0.806. The normalized spacial score (nSPS) is 22.4. The lowest BCUT2D eigenvalue weighted by Gasteiger charge is -2.36. The molecule has 0 bridgehead atoms. The Bertz CT molecular complexity index is 935. The van der Waals surface area contributed by atoms with Gasteiger partial charge in [-0.05, 0) is 38.0 Å². The van der Waals surface area contributed by atoms with Gasteiger partial charge in [0.1, 0.15) is 0 Å². The summed E-state index contributed by atoms with van der Waals surface area (Å²) >= 11 is 0. The van der Waals surface area contributed by atoms with Gasteiger partial charge in [-0.2, -0.15) is 0 Å². The number of methoxy groups -OCH3 is 1. The van der Waals surface area contributed by atoms with Crippen molar-refractivity contribution in [2.45, 2.75) is 45.6 Å². The number of fused-ring (bicyclic) bond motifs is 1.